The second-order valence-corrected chi connectivity index (χ2v) is 26.8. The quantitative estimate of drug-likeness (QED) is 0.127. The van der Waals surface area contributed by atoms with Crippen molar-refractivity contribution in [2.75, 3.05) is 9.80 Å². The van der Waals surface area contributed by atoms with Crippen LogP contribution in [0.5, 0.6) is 0 Å². The van der Waals surface area contributed by atoms with Crippen LogP contribution in [0, 0.1) is 0 Å². The van der Waals surface area contributed by atoms with Gasteiger partial charge in [0.15, 0.2) is 0 Å². The standard InChI is InChI=1S/C87H66N2S/c1-86(2,3)68-42-35-62(36-43-68)85-81(88(69-44-37-59(38-45-69)57-19-7-6-8-20-57)70-46-39-61(40-47-70)74-30-18-24-60-22-11-12-27-73(60)74)54-67(66-41-50-84-78(53-66)77-29-14-16-32-83(77)90-84)55-82(85)89(72-48-49-76-75-28-13-15-31-79(75)87(4,5)80(76)56-72)71-26-17-25-64(52-71)65-34-33-58-21-9-10-23-63(58)51-65/h6-56H,1-5H3. The van der Waals surface area contributed by atoms with Crippen molar-refractivity contribution in [3.05, 3.63) is 326 Å². The normalized spacial score (nSPS) is 12.6. The Morgan fingerprint density at radius 3 is 1.57 bits per heavy atom. The highest BCUT2D eigenvalue weighted by atomic mass is 32.1. The summed E-state index contributed by atoms with van der Waals surface area (Å²) >= 11 is 1.86. The Kier molecular flexibility index (Phi) is 13.3. The van der Waals surface area contributed by atoms with Gasteiger partial charge in [0, 0.05) is 53.9 Å². The number of rotatable bonds is 11. The fourth-order valence-corrected chi connectivity index (χ4v) is 15.1. The van der Waals surface area contributed by atoms with Crippen LogP contribution in [-0.4, -0.2) is 0 Å². The summed E-state index contributed by atoms with van der Waals surface area (Å²) in [6.07, 6.45) is 0. The van der Waals surface area contributed by atoms with Gasteiger partial charge in [-0.3, -0.25) is 0 Å². The van der Waals surface area contributed by atoms with Gasteiger partial charge in [0.25, 0.3) is 0 Å². The molecule has 0 aliphatic heterocycles. The summed E-state index contributed by atoms with van der Waals surface area (Å²) < 4.78 is 2.56. The van der Waals surface area contributed by atoms with Crippen LogP contribution in [-0.2, 0) is 10.8 Å². The molecule has 0 bridgehead atoms. The van der Waals surface area contributed by atoms with E-state index in [0.29, 0.717) is 0 Å². The summed E-state index contributed by atoms with van der Waals surface area (Å²) in [5.74, 6) is 0. The zero-order chi connectivity index (χ0) is 60.7. The maximum atomic E-state index is 2.57. The van der Waals surface area contributed by atoms with Gasteiger partial charge in [0.05, 0.1) is 11.4 Å². The first-order chi connectivity index (χ1) is 44.0. The van der Waals surface area contributed by atoms with E-state index in [-0.39, 0.29) is 10.8 Å². The van der Waals surface area contributed by atoms with Crippen molar-refractivity contribution in [2.45, 2.75) is 45.4 Å². The minimum atomic E-state index is -0.251. The monoisotopic (exact) mass is 1170 g/mol. The Balaban J connectivity index is 1.01. The largest absolute Gasteiger partial charge is 0.310 e. The predicted molar refractivity (Wildman–Crippen MR) is 387 cm³/mol. The number of thiophene rings is 1. The molecule has 0 fully saturated rings. The molecule has 1 aliphatic carbocycles. The second-order valence-electron chi connectivity index (χ2n) is 25.7. The molecule has 0 spiro atoms. The van der Waals surface area contributed by atoms with Gasteiger partial charge >= 0.3 is 0 Å². The predicted octanol–water partition coefficient (Wildman–Crippen LogP) is 25.2. The lowest BCUT2D eigenvalue weighted by atomic mass is 9.82. The first kappa shape index (κ1) is 54.8. The van der Waals surface area contributed by atoms with Crippen LogP contribution in [0.15, 0.2) is 309 Å². The SMILES string of the molecule is CC(C)(C)c1ccc(-c2c(N(c3ccc(-c4ccccc4)cc3)c3ccc(-c4cccc5ccccc45)cc3)cc(-c3ccc4sc5ccccc5c4c3)cc2N(c2cccc(-c3ccc4ccccc4c3)c2)c2ccc3c(c2)C(C)(C)c2ccccc2-3)cc1. The fraction of sp³-hybridized carbons (Fsp3) is 0.0805. The molecule has 0 atom stereocenters. The molecule has 0 radical (unpaired) electrons. The summed E-state index contributed by atoms with van der Waals surface area (Å²) in [5.41, 5.74) is 24.0. The molecule has 1 aromatic heterocycles. The second kappa shape index (κ2) is 21.9. The molecule has 90 heavy (non-hydrogen) atoms. The molecule has 3 heteroatoms. The number of nitrogens with zero attached hydrogens (tertiary/aromatic N) is 2. The van der Waals surface area contributed by atoms with Gasteiger partial charge in [0.1, 0.15) is 0 Å². The number of hydrogen-bond acceptors (Lipinski definition) is 3. The summed E-state index contributed by atoms with van der Waals surface area (Å²) in [7, 11) is 0. The van der Waals surface area contributed by atoms with Crippen LogP contribution in [0.3, 0.4) is 0 Å². The van der Waals surface area contributed by atoms with E-state index >= 15 is 0 Å². The minimum Gasteiger partial charge on any atom is -0.310 e. The van der Waals surface area contributed by atoms with E-state index in [1.54, 1.807) is 0 Å². The van der Waals surface area contributed by atoms with Crippen LogP contribution in [0.2, 0.25) is 0 Å². The van der Waals surface area contributed by atoms with E-state index in [1.165, 1.54) is 86.2 Å². The van der Waals surface area contributed by atoms with Gasteiger partial charge in [-0.2, -0.15) is 0 Å². The number of hydrogen-bond donors (Lipinski definition) is 0. The van der Waals surface area contributed by atoms with Gasteiger partial charge in [0.2, 0.25) is 0 Å². The number of anilines is 6. The lowest BCUT2D eigenvalue weighted by Crippen LogP contribution is -2.18. The zero-order valence-corrected chi connectivity index (χ0v) is 52.1. The molecule has 15 aromatic rings. The molecule has 0 N–H and O–H groups in total. The van der Waals surface area contributed by atoms with Gasteiger partial charge in [-0.15, -0.1) is 11.3 Å². The molecule has 14 aromatic carbocycles. The maximum absolute atomic E-state index is 2.57. The first-order valence-corrected chi connectivity index (χ1v) is 32.2. The van der Waals surface area contributed by atoms with Crippen molar-refractivity contribution in [3.63, 3.8) is 0 Å². The van der Waals surface area contributed by atoms with E-state index in [1.807, 2.05) is 11.3 Å². The van der Waals surface area contributed by atoms with E-state index in [0.717, 1.165) is 73.1 Å². The fourth-order valence-electron chi connectivity index (χ4n) is 14.0. The highest BCUT2D eigenvalue weighted by molar-refractivity contribution is 7.25. The van der Waals surface area contributed by atoms with Crippen LogP contribution >= 0.6 is 11.3 Å². The Morgan fingerprint density at radius 2 is 0.800 bits per heavy atom. The van der Waals surface area contributed by atoms with E-state index < -0.39 is 0 Å². The molecular weight excluding hydrogens is 1110 g/mol. The van der Waals surface area contributed by atoms with Crippen LogP contribution in [0.4, 0.5) is 34.1 Å². The van der Waals surface area contributed by atoms with E-state index in [2.05, 4.69) is 354 Å². The highest BCUT2D eigenvalue weighted by Gasteiger charge is 2.36. The summed E-state index contributed by atoms with van der Waals surface area (Å²) in [6.45, 7) is 11.7. The van der Waals surface area contributed by atoms with Gasteiger partial charge in [-0.25, -0.2) is 0 Å². The lowest BCUT2D eigenvalue weighted by Gasteiger charge is -2.35. The zero-order valence-electron chi connectivity index (χ0n) is 51.2. The third-order valence-electron chi connectivity index (χ3n) is 18.8. The van der Waals surface area contributed by atoms with Gasteiger partial charge < -0.3 is 9.80 Å². The Hall–Kier alpha value is -10.6. The highest BCUT2D eigenvalue weighted by Crippen LogP contribution is 2.55. The lowest BCUT2D eigenvalue weighted by molar-refractivity contribution is 0.590. The first-order valence-electron chi connectivity index (χ1n) is 31.4. The molecule has 1 heterocycles. The Morgan fingerprint density at radius 1 is 0.289 bits per heavy atom. The van der Waals surface area contributed by atoms with Crippen molar-refractivity contribution < 1.29 is 0 Å². The molecule has 0 amide bonds. The average molecular weight is 1170 g/mol. The smallest absolute Gasteiger partial charge is 0.0567 e. The molecule has 16 rings (SSSR count). The summed E-state index contributed by atoms with van der Waals surface area (Å²) in [6, 6.07) is 116. The van der Waals surface area contributed by atoms with Crippen LogP contribution < -0.4 is 9.80 Å². The van der Waals surface area contributed by atoms with Crippen molar-refractivity contribution in [1.82, 2.24) is 0 Å². The van der Waals surface area contributed by atoms with Crippen molar-refractivity contribution in [1.29, 1.82) is 0 Å². The minimum absolute atomic E-state index is 0.0685. The van der Waals surface area contributed by atoms with Gasteiger partial charge in [-0.1, -0.05) is 259 Å². The molecule has 0 saturated carbocycles. The Bertz CT molecular complexity index is 5230. The molecule has 0 unspecified atom stereocenters. The molecule has 1 aliphatic rings. The van der Waals surface area contributed by atoms with Crippen LogP contribution in [0.1, 0.15) is 51.3 Å². The van der Waals surface area contributed by atoms with Crippen LogP contribution in [0.25, 0.3) is 108 Å². The molecular formula is C87H66N2S. The van der Waals surface area contributed by atoms with Crippen molar-refractivity contribution in [3.8, 4) is 66.8 Å². The van der Waals surface area contributed by atoms with E-state index in [9.17, 15) is 0 Å². The molecule has 430 valence electrons. The van der Waals surface area contributed by atoms with Gasteiger partial charge in [-0.05, 0) is 190 Å². The van der Waals surface area contributed by atoms with E-state index in [4.69, 9.17) is 0 Å². The summed E-state index contributed by atoms with van der Waals surface area (Å²) in [4.78, 5) is 5.09. The number of benzene rings is 14. The molecule has 2 nitrogen and oxygen atoms in total. The average Bonchev–Trinajstić information content (AvgIpc) is 2.16. The number of fused-ring (bicyclic) bond motifs is 8. The maximum Gasteiger partial charge on any atom is 0.0567 e. The van der Waals surface area contributed by atoms with Crippen molar-refractivity contribution >= 4 is 87.2 Å². The third kappa shape index (κ3) is 9.65. The topological polar surface area (TPSA) is 6.48 Å². The van der Waals surface area contributed by atoms with Crippen molar-refractivity contribution in [2.24, 2.45) is 0 Å². The summed E-state index contributed by atoms with van der Waals surface area (Å²) in [5, 5.41) is 7.43. The third-order valence-corrected chi connectivity index (χ3v) is 20.0. The molecule has 0 saturated heterocycles. The Labute approximate surface area is 531 Å².